The number of nitrogens with zero attached hydrogens (tertiary/aromatic N) is 1. The fourth-order valence-electron chi connectivity index (χ4n) is 2.55. The highest BCUT2D eigenvalue weighted by molar-refractivity contribution is 9.13. The van der Waals surface area contributed by atoms with Crippen molar-refractivity contribution in [1.82, 2.24) is 9.88 Å². The number of halogens is 2. The summed E-state index contributed by atoms with van der Waals surface area (Å²) in [5, 5.41) is 0. The van der Waals surface area contributed by atoms with E-state index in [0.29, 0.717) is 6.04 Å². The first kappa shape index (κ1) is 9.90. The number of nitrogens with one attached hydrogen (secondary N) is 1. The van der Waals surface area contributed by atoms with E-state index in [-0.39, 0.29) is 5.91 Å². The van der Waals surface area contributed by atoms with E-state index in [4.69, 9.17) is 0 Å². The minimum atomic E-state index is 0.158. The standard InChI is InChI=1S/C10H10Br2N2O/c11-7-6-4-5-2-1-3-14(5)10(15)8(6)13-9(7)12/h5,13H,1-4H2/t5-/m1/s1. The molecule has 3 nitrogen and oxygen atoms in total. The van der Waals surface area contributed by atoms with Gasteiger partial charge in [0.15, 0.2) is 0 Å². The Kier molecular flexibility index (Phi) is 2.21. The molecule has 1 aromatic rings. The van der Waals surface area contributed by atoms with Crippen LogP contribution in [0.25, 0.3) is 0 Å². The Balaban J connectivity index is 2.12. The highest BCUT2D eigenvalue weighted by Crippen LogP contribution is 2.37. The molecule has 1 aromatic heterocycles. The van der Waals surface area contributed by atoms with Crippen LogP contribution >= 0.6 is 31.9 Å². The van der Waals surface area contributed by atoms with Gasteiger partial charge in [-0.05, 0) is 51.1 Å². The second-order valence-corrected chi connectivity index (χ2v) is 5.69. The van der Waals surface area contributed by atoms with Crippen LogP contribution in [0, 0.1) is 0 Å². The molecule has 0 aromatic carbocycles. The fourth-order valence-corrected chi connectivity index (χ4v) is 3.45. The number of H-pyrrole nitrogens is 1. The van der Waals surface area contributed by atoms with Crippen molar-refractivity contribution in [3.05, 3.63) is 20.3 Å². The molecule has 1 fully saturated rings. The first-order valence-electron chi connectivity index (χ1n) is 5.05. The Morgan fingerprint density at radius 3 is 3.00 bits per heavy atom. The third kappa shape index (κ3) is 1.32. The average molecular weight is 334 g/mol. The molecule has 2 aliphatic rings. The predicted molar refractivity (Wildman–Crippen MR) is 64.0 cm³/mol. The maximum absolute atomic E-state index is 12.1. The highest BCUT2D eigenvalue weighted by Gasteiger charge is 2.37. The lowest BCUT2D eigenvalue weighted by atomic mass is 10.00. The van der Waals surface area contributed by atoms with E-state index in [0.717, 1.165) is 46.1 Å². The van der Waals surface area contributed by atoms with Crippen molar-refractivity contribution < 1.29 is 4.79 Å². The molecule has 1 amide bonds. The summed E-state index contributed by atoms with van der Waals surface area (Å²) in [6.07, 6.45) is 3.25. The molecule has 2 aliphatic heterocycles. The van der Waals surface area contributed by atoms with Crippen molar-refractivity contribution in [3.63, 3.8) is 0 Å². The largest absolute Gasteiger partial charge is 0.344 e. The van der Waals surface area contributed by atoms with Crippen LogP contribution in [0.1, 0.15) is 28.9 Å². The summed E-state index contributed by atoms with van der Waals surface area (Å²) in [5.41, 5.74) is 1.89. The third-order valence-electron chi connectivity index (χ3n) is 3.29. The SMILES string of the molecule is O=C1c2[nH]c(Br)c(Br)c2C[C@H]2CCCN12. The van der Waals surface area contributed by atoms with E-state index in [2.05, 4.69) is 36.8 Å². The smallest absolute Gasteiger partial charge is 0.270 e. The number of fused-ring (bicyclic) bond motifs is 2. The van der Waals surface area contributed by atoms with Crippen molar-refractivity contribution in [2.24, 2.45) is 0 Å². The molecular formula is C10H10Br2N2O. The van der Waals surface area contributed by atoms with Crippen molar-refractivity contribution in [2.75, 3.05) is 6.54 Å². The number of carbonyl (C=O) groups is 1. The van der Waals surface area contributed by atoms with Gasteiger partial charge in [0, 0.05) is 18.2 Å². The summed E-state index contributed by atoms with van der Waals surface area (Å²) in [7, 11) is 0. The van der Waals surface area contributed by atoms with Crippen molar-refractivity contribution in [3.8, 4) is 0 Å². The van der Waals surface area contributed by atoms with Crippen LogP contribution < -0.4 is 0 Å². The third-order valence-corrected chi connectivity index (χ3v) is 5.29. The molecule has 5 heteroatoms. The molecule has 80 valence electrons. The van der Waals surface area contributed by atoms with Crippen molar-refractivity contribution in [2.45, 2.75) is 25.3 Å². The van der Waals surface area contributed by atoms with Crippen LogP contribution in [0.4, 0.5) is 0 Å². The lowest BCUT2D eigenvalue weighted by Gasteiger charge is -2.29. The second kappa shape index (κ2) is 3.35. The molecule has 15 heavy (non-hydrogen) atoms. The summed E-state index contributed by atoms with van der Waals surface area (Å²) in [6.45, 7) is 0.914. The molecule has 1 atom stereocenters. The molecular weight excluding hydrogens is 324 g/mol. The zero-order chi connectivity index (χ0) is 10.6. The van der Waals surface area contributed by atoms with Gasteiger partial charge >= 0.3 is 0 Å². The first-order valence-corrected chi connectivity index (χ1v) is 6.64. The number of aromatic amines is 1. The maximum Gasteiger partial charge on any atom is 0.270 e. The van der Waals surface area contributed by atoms with Gasteiger partial charge in [0.1, 0.15) is 5.69 Å². The van der Waals surface area contributed by atoms with E-state index < -0.39 is 0 Å². The molecule has 0 saturated carbocycles. The number of aromatic nitrogens is 1. The topological polar surface area (TPSA) is 36.1 Å². The van der Waals surface area contributed by atoms with Crippen LogP contribution in [-0.2, 0) is 6.42 Å². The van der Waals surface area contributed by atoms with Gasteiger partial charge in [-0.15, -0.1) is 0 Å². The Hall–Kier alpha value is -0.290. The fraction of sp³-hybridized carbons (Fsp3) is 0.500. The second-order valence-electron chi connectivity index (χ2n) is 4.11. The molecule has 0 spiro atoms. The zero-order valence-electron chi connectivity index (χ0n) is 8.02. The molecule has 0 unspecified atom stereocenters. The molecule has 0 radical (unpaired) electrons. The summed E-state index contributed by atoms with van der Waals surface area (Å²) in [4.78, 5) is 17.2. The Bertz CT molecular complexity index is 441. The van der Waals surface area contributed by atoms with Gasteiger partial charge in [0.05, 0.1) is 9.08 Å². The van der Waals surface area contributed by atoms with Gasteiger partial charge in [0.25, 0.3) is 5.91 Å². The number of amides is 1. The van der Waals surface area contributed by atoms with Crippen LogP contribution in [0.3, 0.4) is 0 Å². The summed E-state index contributed by atoms with van der Waals surface area (Å²) in [5.74, 6) is 0.158. The Morgan fingerprint density at radius 1 is 1.40 bits per heavy atom. The zero-order valence-corrected chi connectivity index (χ0v) is 11.2. The Morgan fingerprint density at radius 2 is 2.20 bits per heavy atom. The normalized spacial score (nSPS) is 24.3. The molecule has 3 heterocycles. The van der Waals surface area contributed by atoms with E-state index in [9.17, 15) is 4.79 Å². The van der Waals surface area contributed by atoms with Crippen LogP contribution in [-0.4, -0.2) is 28.4 Å². The minimum absolute atomic E-state index is 0.158. The van der Waals surface area contributed by atoms with Gasteiger partial charge < -0.3 is 9.88 Å². The molecule has 1 saturated heterocycles. The summed E-state index contributed by atoms with van der Waals surface area (Å²) >= 11 is 6.92. The monoisotopic (exact) mass is 332 g/mol. The number of rotatable bonds is 0. The van der Waals surface area contributed by atoms with Gasteiger partial charge in [0.2, 0.25) is 0 Å². The maximum atomic E-state index is 12.1. The Labute approximate surface area is 104 Å². The molecule has 1 N–H and O–H groups in total. The number of hydrogen-bond donors (Lipinski definition) is 1. The van der Waals surface area contributed by atoms with Gasteiger partial charge in [-0.25, -0.2) is 0 Å². The predicted octanol–water partition coefficient (Wildman–Crippen LogP) is 2.70. The van der Waals surface area contributed by atoms with E-state index in [1.807, 2.05) is 4.90 Å². The lowest BCUT2D eigenvalue weighted by Crippen LogP contribution is -2.41. The average Bonchev–Trinajstić information content (AvgIpc) is 2.77. The lowest BCUT2D eigenvalue weighted by molar-refractivity contribution is 0.0709. The molecule has 3 rings (SSSR count). The van der Waals surface area contributed by atoms with Crippen LogP contribution in [0.15, 0.2) is 9.08 Å². The number of hydrogen-bond acceptors (Lipinski definition) is 1. The van der Waals surface area contributed by atoms with Gasteiger partial charge in [-0.3, -0.25) is 4.79 Å². The van der Waals surface area contributed by atoms with Crippen molar-refractivity contribution >= 4 is 37.8 Å². The van der Waals surface area contributed by atoms with Crippen molar-refractivity contribution in [1.29, 1.82) is 0 Å². The minimum Gasteiger partial charge on any atom is -0.344 e. The van der Waals surface area contributed by atoms with E-state index >= 15 is 0 Å². The van der Waals surface area contributed by atoms with Crippen LogP contribution in [0.5, 0.6) is 0 Å². The highest BCUT2D eigenvalue weighted by atomic mass is 79.9. The summed E-state index contributed by atoms with van der Waals surface area (Å²) in [6, 6.07) is 0.420. The van der Waals surface area contributed by atoms with Gasteiger partial charge in [-0.1, -0.05) is 0 Å². The summed E-state index contributed by atoms with van der Waals surface area (Å²) < 4.78 is 1.89. The quantitative estimate of drug-likeness (QED) is 0.778. The molecule has 0 aliphatic carbocycles. The van der Waals surface area contributed by atoms with E-state index in [1.165, 1.54) is 0 Å². The van der Waals surface area contributed by atoms with Crippen LogP contribution in [0.2, 0.25) is 0 Å². The van der Waals surface area contributed by atoms with E-state index in [1.54, 1.807) is 0 Å². The molecule has 0 bridgehead atoms. The number of carbonyl (C=O) groups excluding carboxylic acids is 1. The van der Waals surface area contributed by atoms with Gasteiger partial charge in [-0.2, -0.15) is 0 Å². The first-order chi connectivity index (χ1) is 7.18.